The number of nitrogens with zero attached hydrogens (tertiary/aromatic N) is 1. The van der Waals surface area contributed by atoms with Crippen LogP contribution in [0.5, 0.6) is 0 Å². The molecule has 5 nitrogen and oxygen atoms in total. The molecule has 152 valence electrons. The second kappa shape index (κ2) is 10.4. The number of amides is 2. The average Bonchev–Trinajstić information content (AvgIpc) is 2.69. The van der Waals surface area contributed by atoms with E-state index in [0.29, 0.717) is 16.6 Å². The van der Waals surface area contributed by atoms with Gasteiger partial charge in [-0.25, -0.2) is 0 Å². The Balaban J connectivity index is 1.40. The Morgan fingerprint density at radius 2 is 1.79 bits per heavy atom. The van der Waals surface area contributed by atoms with Crippen molar-refractivity contribution in [2.24, 2.45) is 0 Å². The number of halogens is 2. The highest BCUT2D eigenvalue weighted by molar-refractivity contribution is 6.35. The van der Waals surface area contributed by atoms with Crippen molar-refractivity contribution in [3.05, 3.63) is 70.2 Å². The van der Waals surface area contributed by atoms with E-state index in [0.717, 1.165) is 37.2 Å². The number of nitrogens with one attached hydrogen (secondary N) is 2. The van der Waals surface area contributed by atoms with Gasteiger partial charge in [-0.3, -0.25) is 14.5 Å². The highest BCUT2D eigenvalue weighted by Crippen LogP contribution is 2.22. The maximum Gasteiger partial charge on any atom is 0.244 e. The summed E-state index contributed by atoms with van der Waals surface area (Å²) in [5.41, 5.74) is 1.54. The van der Waals surface area contributed by atoms with E-state index in [9.17, 15) is 9.59 Å². The third-order valence-corrected chi connectivity index (χ3v) is 5.30. The number of hydrogen-bond acceptors (Lipinski definition) is 3. The van der Waals surface area contributed by atoms with Crippen LogP contribution in [-0.4, -0.2) is 42.4 Å². The first-order valence-electron chi connectivity index (χ1n) is 9.50. The van der Waals surface area contributed by atoms with Gasteiger partial charge in [-0.05, 0) is 48.7 Å². The van der Waals surface area contributed by atoms with E-state index in [1.165, 1.54) is 6.08 Å². The van der Waals surface area contributed by atoms with Crippen molar-refractivity contribution >= 4 is 46.8 Å². The van der Waals surface area contributed by atoms with Gasteiger partial charge in [0, 0.05) is 40.9 Å². The summed E-state index contributed by atoms with van der Waals surface area (Å²) >= 11 is 12.0. The molecule has 0 spiro atoms. The zero-order valence-electron chi connectivity index (χ0n) is 15.9. The van der Waals surface area contributed by atoms with Gasteiger partial charge in [0.2, 0.25) is 11.8 Å². The second-order valence-electron chi connectivity index (χ2n) is 6.97. The van der Waals surface area contributed by atoms with Crippen molar-refractivity contribution in [3.8, 4) is 0 Å². The molecule has 3 rings (SSSR count). The minimum absolute atomic E-state index is 0.0264. The Hall–Kier alpha value is -2.34. The molecular weight excluding hydrogens is 409 g/mol. The van der Waals surface area contributed by atoms with Crippen LogP contribution in [0.25, 0.3) is 6.08 Å². The van der Waals surface area contributed by atoms with E-state index in [4.69, 9.17) is 23.2 Å². The average molecular weight is 432 g/mol. The molecule has 2 amide bonds. The number of para-hydroxylation sites is 1. The zero-order valence-corrected chi connectivity index (χ0v) is 17.4. The normalized spacial score (nSPS) is 15.4. The molecule has 0 aromatic heterocycles. The lowest BCUT2D eigenvalue weighted by Crippen LogP contribution is -2.46. The predicted molar refractivity (Wildman–Crippen MR) is 118 cm³/mol. The minimum Gasteiger partial charge on any atom is -0.350 e. The number of rotatable bonds is 6. The van der Waals surface area contributed by atoms with E-state index in [-0.39, 0.29) is 17.9 Å². The van der Waals surface area contributed by atoms with Gasteiger partial charge in [0.15, 0.2) is 0 Å². The number of hydrogen-bond donors (Lipinski definition) is 2. The van der Waals surface area contributed by atoms with Crippen molar-refractivity contribution in [2.75, 3.05) is 25.0 Å². The van der Waals surface area contributed by atoms with Crippen molar-refractivity contribution in [2.45, 2.75) is 18.9 Å². The van der Waals surface area contributed by atoms with E-state index >= 15 is 0 Å². The Bertz CT molecular complexity index is 879. The molecule has 1 aliphatic heterocycles. The molecule has 7 heteroatoms. The van der Waals surface area contributed by atoms with Gasteiger partial charge in [0.1, 0.15) is 0 Å². The minimum atomic E-state index is -0.156. The predicted octanol–water partition coefficient (Wildman–Crippen LogP) is 4.23. The fourth-order valence-electron chi connectivity index (χ4n) is 3.21. The van der Waals surface area contributed by atoms with Crippen LogP contribution in [0.4, 0.5) is 5.69 Å². The van der Waals surface area contributed by atoms with Gasteiger partial charge in [0.25, 0.3) is 0 Å². The molecule has 0 atom stereocenters. The number of anilines is 1. The van der Waals surface area contributed by atoms with Crippen LogP contribution in [0.3, 0.4) is 0 Å². The fraction of sp³-hybridized carbons (Fsp3) is 0.273. The molecule has 0 saturated carbocycles. The molecule has 2 N–H and O–H groups in total. The summed E-state index contributed by atoms with van der Waals surface area (Å²) in [6.45, 7) is 1.88. The first-order chi connectivity index (χ1) is 14.0. The molecule has 0 radical (unpaired) electrons. The quantitative estimate of drug-likeness (QED) is 0.672. The van der Waals surface area contributed by atoms with Crippen LogP contribution < -0.4 is 10.6 Å². The van der Waals surface area contributed by atoms with Crippen molar-refractivity contribution in [1.29, 1.82) is 0 Å². The van der Waals surface area contributed by atoms with Crippen molar-refractivity contribution < 1.29 is 9.59 Å². The highest BCUT2D eigenvalue weighted by atomic mass is 35.5. The van der Waals surface area contributed by atoms with Crippen LogP contribution in [0.2, 0.25) is 10.0 Å². The summed E-state index contributed by atoms with van der Waals surface area (Å²) in [5, 5.41) is 6.97. The smallest absolute Gasteiger partial charge is 0.244 e. The van der Waals surface area contributed by atoms with Crippen LogP contribution in [0, 0.1) is 0 Å². The molecule has 2 aromatic carbocycles. The summed E-state index contributed by atoms with van der Waals surface area (Å²) in [5.74, 6) is -0.183. The van der Waals surface area contributed by atoms with Gasteiger partial charge in [0.05, 0.1) is 6.54 Å². The highest BCUT2D eigenvalue weighted by Gasteiger charge is 2.21. The van der Waals surface area contributed by atoms with Crippen LogP contribution in [-0.2, 0) is 9.59 Å². The maximum absolute atomic E-state index is 12.2. The summed E-state index contributed by atoms with van der Waals surface area (Å²) in [7, 11) is 0. The SMILES string of the molecule is O=C(/C=C/c1ccc(Cl)cc1Cl)NC1CCN(CC(=O)Nc2ccccc2)CC1. The third-order valence-electron chi connectivity index (χ3n) is 4.74. The van der Waals surface area contributed by atoms with Crippen LogP contribution >= 0.6 is 23.2 Å². The molecule has 0 aliphatic carbocycles. The van der Waals surface area contributed by atoms with Crippen molar-refractivity contribution in [1.82, 2.24) is 10.2 Å². The number of likely N-dealkylation sites (tertiary alicyclic amines) is 1. The number of benzene rings is 2. The Kier molecular flexibility index (Phi) is 7.69. The van der Waals surface area contributed by atoms with Gasteiger partial charge < -0.3 is 10.6 Å². The topological polar surface area (TPSA) is 61.4 Å². The number of carbonyl (C=O) groups is 2. The zero-order chi connectivity index (χ0) is 20.6. The molecule has 2 aromatic rings. The summed E-state index contributed by atoms with van der Waals surface area (Å²) in [6, 6.07) is 14.7. The summed E-state index contributed by atoms with van der Waals surface area (Å²) in [4.78, 5) is 26.4. The first kappa shape index (κ1) is 21.4. The number of piperidine rings is 1. The Morgan fingerprint density at radius 3 is 2.48 bits per heavy atom. The summed E-state index contributed by atoms with van der Waals surface area (Å²) < 4.78 is 0. The van der Waals surface area contributed by atoms with Crippen LogP contribution in [0.1, 0.15) is 18.4 Å². The first-order valence-corrected chi connectivity index (χ1v) is 10.3. The van der Waals surface area contributed by atoms with Gasteiger partial charge in [-0.2, -0.15) is 0 Å². The van der Waals surface area contributed by atoms with Gasteiger partial charge in [-0.1, -0.05) is 47.5 Å². The molecule has 1 fully saturated rings. The van der Waals surface area contributed by atoms with E-state index < -0.39 is 0 Å². The largest absolute Gasteiger partial charge is 0.350 e. The maximum atomic E-state index is 12.2. The standard InChI is InChI=1S/C22H23Cl2N3O2/c23-17-8-6-16(20(24)14-17)7-9-21(28)25-19-10-12-27(13-11-19)15-22(29)26-18-4-2-1-3-5-18/h1-9,14,19H,10-13,15H2,(H,25,28)(H,26,29)/b9-7+. The van der Waals surface area contributed by atoms with Gasteiger partial charge >= 0.3 is 0 Å². The fourth-order valence-corrected chi connectivity index (χ4v) is 3.68. The molecule has 29 heavy (non-hydrogen) atoms. The molecule has 0 bridgehead atoms. The monoisotopic (exact) mass is 431 g/mol. The van der Waals surface area contributed by atoms with Crippen LogP contribution in [0.15, 0.2) is 54.6 Å². The Labute approximate surface area is 180 Å². The van der Waals surface area contributed by atoms with Gasteiger partial charge in [-0.15, -0.1) is 0 Å². The van der Waals surface area contributed by atoms with Crippen molar-refractivity contribution in [3.63, 3.8) is 0 Å². The van der Waals surface area contributed by atoms with E-state index in [1.807, 2.05) is 30.3 Å². The lowest BCUT2D eigenvalue weighted by atomic mass is 10.0. The molecule has 1 saturated heterocycles. The molecule has 1 aliphatic rings. The van der Waals surface area contributed by atoms with E-state index in [1.54, 1.807) is 24.3 Å². The molecular formula is C22H23Cl2N3O2. The Morgan fingerprint density at radius 1 is 1.07 bits per heavy atom. The third kappa shape index (κ3) is 6.89. The number of carbonyl (C=O) groups excluding carboxylic acids is 2. The lowest BCUT2D eigenvalue weighted by Gasteiger charge is -2.31. The molecule has 0 unspecified atom stereocenters. The summed E-state index contributed by atoms with van der Waals surface area (Å²) in [6.07, 6.45) is 4.77. The lowest BCUT2D eigenvalue weighted by molar-refractivity contribution is -0.119. The second-order valence-corrected chi connectivity index (χ2v) is 7.82. The van der Waals surface area contributed by atoms with E-state index in [2.05, 4.69) is 15.5 Å². The molecule has 1 heterocycles.